The van der Waals surface area contributed by atoms with E-state index >= 15 is 0 Å². The van der Waals surface area contributed by atoms with Crippen LogP contribution in [0.2, 0.25) is 10.0 Å². The standard InChI is InChI=1S/C24H30Cl2FN3O4S/c1-16(2)28-24(32)17(3)29(15-18-8-5-6-9-21(18)27)23(31)10-7-13-30(35(4,33)34)22-14-19(25)11-12-20(22)26/h5-6,8-9,11-12,14,16-17H,7,10,13,15H2,1-4H3,(H,28,32)/t17-/m1/s1. The molecule has 0 fully saturated rings. The first-order chi connectivity index (χ1) is 16.3. The van der Waals surface area contributed by atoms with Crippen LogP contribution < -0.4 is 9.62 Å². The maximum Gasteiger partial charge on any atom is 0.242 e. The molecule has 7 nitrogen and oxygen atoms in total. The zero-order valence-electron chi connectivity index (χ0n) is 20.1. The van der Waals surface area contributed by atoms with Crippen LogP contribution in [0.4, 0.5) is 10.1 Å². The predicted octanol–water partition coefficient (Wildman–Crippen LogP) is 4.62. The van der Waals surface area contributed by atoms with Crippen LogP contribution >= 0.6 is 23.2 Å². The molecular weight excluding hydrogens is 516 g/mol. The minimum atomic E-state index is -3.72. The molecule has 35 heavy (non-hydrogen) atoms. The average Bonchev–Trinajstić information content (AvgIpc) is 2.76. The molecule has 2 aromatic carbocycles. The molecule has 0 radical (unpaired) electrons. The predicted molar refractivity (Wildman–Crippen MR) is 138 cm³/mol. The summed E-state index contributed by atoms with van der Waals surface area (Å²) in [7, 11) is -3.72. The Kier molecular flexibility index (Phi) is 10.4. The number of carbonyl (C=O) groups excluding carboxylic acids is 2. The number of hydrogen-bond acceptors (Lipinski definition) is 4. The molecule has 1 N–H and O–H groups in total. The number of nitrogens with one attached hydrogen (secondary N) is 1. The van der Waals surface area contributed by atoms with Crippen molar-refractivity contribution in [2.24, 2.45) is 0 Å². The summed E-state index contributed by atoms with van der Waals surface area (Å²) in [5.41, 5.74) is 0.482. The van der Waals surface area contributed by atoms with Crippen LogP contribution in [-0.2, 0) is 26.2 Å². The summed E-state index contributed by atoms with van der Waals surface area (Å²) in [5.74, 6) is -1.26. The third-order valence-corrected chi connectivity index (χ3v) is 6.96. The van der Waals surface area contributed by atoms with E-state index in [9.17, 15) is 22.4 Å². The Hall–Kier alpha value is -2.36. The van der Waals surface area contributed by atoms with E-state index in [4.69, 9.17) is 23.2 Å². The van der Waals surface area contributed by atoms with Crippen molar-refractivity contribution in [1.82, 2.24) is 10.2 Å². The molecular formula is C24H30Cl2FN3O4S. The first kappa shape index (κ1) is 28.9. The highest BCUT2D eigenvalue weighted by molar-refractivity contribution is 7.92. The summed E-state index contributed by atoms with van der Waals surface area (Å²) in [6, 6.07) is 9.51. The fourth-order valence-corrected chi connectivity index (χ4v) is 4.86. The van der Waals surface area contributed by atoms with Gasteiger partial charge in [-0.2, -0.15) is 0 Å². The van der Waals surface area contributed by atoms with Gasteiger partial charge < -0.3 is 10.2 Å². The average molecular weight is 546 g/mol. The quantitative estimate of drug-likeness (QED) is 0.446. The number of benzene rings is 2. The molecule has 2 amide bonds. The third-order valence-electron chi connectivity index (χ3n) is 5.23. The Morgan fingerprint density at radius 1 is 1.09 bits per heavy atom. The van der Waals surface area contributed by atoms with Gasteiger partial charge in [-0.05, 0) is 51.5 Å². The monoisotopic (exact) mass is 545 g/mol. The summed E-state index contributed by atoms with van der Waals surface area (Å²) < 4.78 is 40.2. The number of amides is 2. The van der Waals surface area contributed by atoms with E-state index in [0.29, 0.717) is 5.02 Å². The minimum Gasteiger partial charge on any atom is -0.352 e. The molecule has 0 saturated heterocycles. The highest BCUT2D eigenvalue weighted by atomic mass is 35.5. The fraction of sp³-hybridized carbons (Fsp3) is 0.417. The van der Waals surface area contributed by atoms with Crippen molar-refractivity contribution in [3.63, 3.8) is 0 Å². The van der Waals surface area contributed by atoms with E-state index < -0.39 is 27.8 Å². The number of nitrogens with zero attached hydrogens (tertiary/aromatic N) is 2. The molecule has 1 atom stereocenters. The molecule has 192 valence electrons. The number of rotatable bonds is 11. The number of hydrogen-bond donors (Lipinski definition) is 1. The van der Waals surface area contributed by atoms with Crippen molar-refractivity contribution in [2.75, 3.05) is 17.1 Å². The molecule has 0 bridgehead atoms. The zero-order chi connectivity index (χ0) is 26.3. The van der Waals surface area contributed by atoms with Crippen LogP contribution in [0.25, 0.3) is 0 Å². The number of halogens is 3. The number of anilines is 1. The molecule has 0 spiro atoms. The van der Waals surface area contributed by atoms with Gasteiger partial charge in [-0.3, -0.25) is 13.9 Å². The minimum absolute atomic E-state index is 0.0370. The largest absolute Gasteiger partial charge is 0.352 e. The van der Waals surface area contributed by atoms with Crippen molar-refractivity contribution < 1.29 is 22.4 Å². The summed E-state index contributed by atoms with van der Waals surface area (Å²) in [5, 5.41) is 3.28. The van der Waals surface area contributed by atoms with Crippen LogP contribution in [0.15, 0.2) is 42.5 Å². The zero-order valence-corrected chi connectivity index (χ0v) is 22.4. The molecule has 2 aromatic rings. The van der Waals surface area contributed by atoms with Gasteiger partial charge in [-0.15, -0.1) is 0 Å². The number of sulfonamides is 1. The van der Waals surface area contributed by atoms with Crippen LogP contribution in [0.3, 0.4) is 0 Å². The van der Waals surface area contributed by atoms with Crippen molar-refractivity contribution in [3.05, 3.63) is 63.9 Å². The van der Waals surface area contributed by atoms with Gasteiger partial charge in [-0.25, -0.2) is 12.8 Å². The molecule has 0 aliphatic rings. The summed E-state index contributed by atoms with van der Waals surface area (Å²) >= 11 is 12.2. The van der Waals surface area contributed by atoms with Crippen molar-refractivity contribution in [2.45, 2.75) is 52.2 Å². The highest BCUT2D eigenvalue weighted by Gasteiger charge is 2.28. The maximum atomic E-state index is 14.3. The van der Waals surface area contributed by atoms with E-state index in [1.54, 1.807) is 45.0 Å². The second-order valence-corrected chi connectivity index (χ2v) is 11.2. The van der Waals surface area contributed by atoms with E-state index in [1.165, 1.54) is 23.1 Å². The lowest BCUT2D eigenvalue weighted by Crippen LogP contribution is -2.49. The van der Waals surface area contributed by atoms with Gasteiger partial charge in [0.05, 0.1) is 17.0 Å². The lowest BCUT2D eigenvalue weighted by molar-refractivity contribution is -0.140. The van der Waals surface area contributed by atoms with Crippen LogP contribution in [0, 0.1) is 5.82 Å². The van der Waals surface area contributed by atoms with Crippen molar-refractivity contribution >= 4 is 50.7 Å². The molecule has 2 rings (SSSR count). The van der Waals surface area contributed by atoms with Crippen LogP contribution in [-0.4, -0.2) is 50.0 Å². The highest BCUT2D eigenvalue weighted by Crippen LogP contribution is 2.31. The second-order valence-electron chi connectivity index (χ2n) is 8.49. The Morgan fingerprint density at radius 2 is 1.74 bits per heavy atom. The Balaban J connectivity index is 2.22. The van der Waals surface area contributed by atoms with Crippen LogP contribution in [0.5, 0.6) is 0 Å². The summed E-state index contributed by atoms with van der Waals surface area (Å²) in [6.07, 6.45) is 1.11. The first-order valence-corrected chi connectivity index (χ1v) is 13.7. The molecule has 0 aliphatic carbocycles. The number of carbonyl (C=O) groups is 2. The SMILES string of the molecule is CC(C)NC(=O)[C@@H](C)N(Cc1ccccc1F)C(=O)CCCN(c1cc(Cl)ccc1Cl)S(C)(=O)=O. The summed E-state index contributed by atoms with van der Waals surface area (Å²) in [4.78, 5) is 27.1. The van der Waals surface area contributed by atoms with Gasteiger partial charge >= 0.3 is 0 Å². The Bertz CT molecular complexity index is 1160. The van der Waals surface area contributed by atoms with Gasteiger partial charge in [-0.1, -0.05) is 41.4 Å². The lowest BCUT2D eigenvalue weighted by Gasteiger charge is -2.30. The van der Waals surface area contributed by atoms with Gasteiger partial charge in [0.2, 0.25) is 21.8 Å². The topological polar surface area (TPSA) is 86.8 Å². The van der Waals surface area contributed by atoms with Crippen molar-refractivity contribution in [3.8, 4) is 0 Å². The third kappa shape index (κ3) is 8.37. The molecule has 0 saturated carbocycles. The molecule has 11 heteroatoms. The molecule has 0 unspecified atom stereocenters. The van der Waals surface area contributed by atoms with Crippen LogP contribution in [0.1, 0.15) is 39.2 Å². The lowest BCUT2D eigenvalue weighted by atomic mass is 10.1. The normalized spacial score (nSPS) is 12.3. The van der Waals surface area contributed by atoms with Gasteiger partial charge in [0.1, 0.15) is 11.9 Å². The summed E-state index contributed by atoms with van der Waals surface area (Å²) in [6.45, 7) is 5.03. The Morgan fingerprint density at radius 3 is 2.34 bits per heavy atom. The Labute approximate surface area is 216 Å². The molecule has 0 aromatic heterocycles. The van der Waals surface area contributed by atoms with Gasteiger partial charge in [0.25, 0.3) is 0 Å². The van der Waals surface area contributed by atoms with E-state index in [0.717, 1.165) is 10.6 Å². The smallest absolute Gasteiger partial charge is 0.242 e. The molecule has 0 aliphatic heterocycles. The maximum absolute atomic E-state index is 14.3. The fourth-order valence-electron chi connectivity index (χ4n) is 3.46. The van der Waals surface area contributed by atoms with Crippen molar-refractivity contribution in [1.29, 1.82) is 0 Å². The molecule has 0 heterocycles. The first-order valence-electron chi connectivity index (χ1n) is 11.1. The van der Waals surface area contributed by atoms with E-state index in [1.807, 2.05) is 0 Å². The second kappa shape index (κ2) is 12.6. The van der Waals surface area contributed by atoms with E-state index in [-0.39, 0.29) is 54.2 Å². The van der Waals surface area contributed by atoms with Gasteiger partial charge in [0, 0.05) is 36.1 Å². The van der Waals surface area contributed by atoms with E-state index in [2.05, 4.69) is 5.32 Å². The van der Waals surface area contributed by atoms with Gasteiger partial charge in [0.15, 0.2) is 0 Å².